The minimum atomic E-state index is -0.197. The van der Waals surface area contributed by atoms with E-state index in [4.69, 9.17) is 0 Å². The van der Waals surface area contributed by atoms with Crippen molar-refractivity contribution in [3.8, 4) is 11.1 Å². The molecule has 2 aromatic carbocycles. The standard InChI is InChI=1S/C26H27NO2/c1-15(2)20-14-21-16(3)12-22(20)24-23(21)25(28)27(26(24)29)19-11-7-10-18(13-19)17-8-5-4-6-9-17/h4-13,15,20-24H,14H2,1-3H3/t20-,21?,22?,23?,24?/m0/s1. The van der Waals surface area contributed by atoms with Crippen LogP contribution in [0.4, 0.5) is 5.69 Å². The second kappa shape index (κ2) is 6.69. The van der Waals surface area contributed by atoms with E-state index in [1.807, 2.05) is 54.6 Å². The van der Waals surface area contributed by atoms with E-state index < -0.39 is 0 Å². The summed E-state index contributed by atoms with van der Waals surface area (Å²) in [5.41, 5.74) is 4.11. The van der Waals surface area contributed by atoms with Crippen LogP contribution in [0.15, 0.2) is 66.2 Å². The molecule has 2 amide bonds. The second-order valence-corrected chi connectivity index (χ2v) is 9.22. The van der Waals surface area contributed by atoms with E-state index in [0.717, 1.165) is 17.5 Å². The molecule has 1 heterocycles. The van der Waals surface area contributed by atoms with Crippen LogP contribution in [-0.4, -0.2) is 11.8 Å². The van der Waals surface area contributed by atoms with Crippen molar-refractivity contribution in [2.24, 2.45) is 35.5 Å². The minimum Gasteiger partial charge on any atom is -0.274 e. The first-order valence-corrected chi connectivity index (χ1v) is 10.7. The number of allylic oxidation sites excluding steroid dienone is 2. The van der Waals surface area contributed by atoms with Gasteiger partial charge in [0.2, 0.25) is 11.8 Å². The number of nitrogens with zero attached hydrogens (tertiary/aromatic N) is 1. The summed E-state index contributed by atoms with van der Waals surface area (Å²) >= 11 is 0. The molecular weight excluding hydrogens is 358 g/mol. The van der Waals surface area contributed by atoms with Crippen molar-refractivity contribution in [3.63, 3.8) is 0 Å². The maximum Gasteiger partial charge on any atom is 0.238 e. The van der Waals surface area contributed by atoms with Gasteiger partial charge in [-0.2, -0.15) is 0 Å². The lowest BCUT2D eigenvalue weighted by molar-refractivity contribution is -0.127. The van der Waals surface area contributed by atoms with Gasteiger partial charge in [0, 0.05) is 0 Å². The molecule has 148 valence electrons. The van der Waals surface area contributed by atoms with E-state index in [1.54, 1.807) is 0 Å². The summed E-state index contributed by atoms with van der Waals surface area (Å²) in [6, 6.07) is 17.9. The van der Waals surface area contributed by atoms with Gasteiger partial charge in [0.05, 0.1) is 17.5 Å². The molecule has 6 rings (SSSR count). The Morgan fingerprint density at radius 3 is 2.31 bits per heavy atom. The van der Waals surface area contributed by atoms with E-state index in [9.17, 15) is 9.59 Å². The van der Waals surface area contributed by atoms with Gasteiger partial charge in [-0.3, -0.25) is 9.59 Å². The van der Waals surface area contributed by atoms with Gasteiger partial charge in [0.25, 0.3) is 0 Å². The van der Waals surface area contributed by atoms with E-state index in [-0.39, 0.29) is 35.5 Å². The highest BCUT2D eigenvalue weighted by Gasteiger charge is 2.60. The van der Waals surface area contributed by atoms with Crippen LogP contribution >= 0.6 is 0 Å². The number of anilines is 1. The van der Waals surface area contributed by atoms with E-state index in [1.165, 1.54) is 10.5 Å². The largest absolute Gasteiger partial charge is 0.274 e. The second-order valence-electron chi connectivity index (χ2n) is 9.22. The Morgan fingerprint density at radius 1 is 0.897 bits per heavy atom. The fraction of sp³-hybridized carbons (Fsp3) is 0.385. The number of carbonyl (C=O) groups is 2. The highest BCUT2D eigenvalue weighted by atomic mass is 16.2. The molecule has 1 saturated heterocycles. The number of amides is 2. The fourth-order valence-corrected chi connectivity index (χ4v) is 5.95. The molecule has 3 aliphatic carbocycles. The van der Waals surface area contributed by atoms with E-state index in [0.29, 0.717) is 17.5 Å². The first-order chi connectivity index (χ1) is 14.0. The zero-order valence-corrected chi connectivity index (χ0v) is 17.2. The molecule has 0 N–H and O–H groups in total. The van der Waals surface area contributed by atoms with Gasteiger partial charge in [0.1, 0.15) is 0 Å². The summed E-state index contributed by atoms with van der Waals surface area (Å²) in [5, 5.41) is 0. The van der Waals surface area contributed by atoms with Crippen LogP contribution in [-0.2, 0) is 9.59 Å². The molecule has 4 aliphatic rings. The minimum absolute atomic E-state index is 0.00475. The predicted octanol–water partition coefficient (Wildman–Crippen LogP) is 5.33. The molecule has 0 aromatic heterocycles. The lowest BCUT2D eigenvalue weighted by atomic mass is 9.54. The third kappa shape index (κ3) is 2.71. The molecule has 2 fully saturated rings. The first kappa shape index (κ1) is 18.4. The zero-order valence-electron chi connectivity index (χ0n) is 17.2. The molecule has 4 unspecified atom stereocenters. The summed E-state index contributed by atoms with van der Waals surface area (Å²) in [5.74, 6) is 0.998. The molecule has 1 saturated carbocycles. The lowest BCUT2D eigenvalue weighted by Gasteiger charge is -2.48. The Labute approximate surface area is 172 Å². The molecule has 0 radical (unpaired) electrons. The van der Waals surface area contributed by atoms with Crippen molar-refractivity contribution < 1.29 is 9.59 Å². The Kier molecular flexibility index (Phi) is 4.23. The smallest absolute Gasteiger partial charge is 0.238 e. The Hall–Kier alpha value is -2.68. The summed E-state index contributed by atoms with van der Waals surface area (Å²) in [6.45, 7) is 6.62. The van der Waals surface area contributed by atoms with Crippen molar-refractivity contribution in [2.45, 2.75) is 27.2 Å². The van der Waals surface area contributed by atoms with Gasteiger partial charge < -0.3 is 0 Å². The van der Waals surface area contributed by atoms with Crippen LogP contribution in [0, 0.1) is 35.5 Å². The van der Waals surface area contributed by atoms with Gasteiger partial charge in [0.15, 0.2) is 0 Å². The highest BCUT2D eigenvalue weighted by molar-refractivity contribution is 6.22. The summed E-state index contributed by atoms with van der Waals surface area (Å²) in [4.78, 5) is 28.5. The Morgan fingerprint density at radius 2 is 1.59 bits per heavy atom. The van der Waals surface area contributed by atoms with Crippen molar-refractivity contribution in [1.82, 2.24) is 0 Å². The molecule has 29 heavy (non-hydrogen) atoms. The Balaban J connectivity index is 1.53. The summed E-state index contributed by atoms with van der Waals surface area (Å²) in [7, 11) is 0. The quantitative estimate of drug-likeness (QED) is 0.529. The van der Waals surface area contributed by atoms with Crippen LogP contribution in [0.2, 0.25) is 0 Å². The molecule has 3 heteroatoms. The van der Waals surface area contributed by atoms with E-state index >= 15 is 0 Å². The molecule has 1 aliphatic heterocycles. The van der Waals surface area contributed by atoms with Crippen LogP contribution < -0.4 is 4.90 Å². The average Bonchev–Trinajstić information content (AvgIpc) is 3.00. The third-order valence-corrected chi connectivity index (χ3v) is 7.37. The van der Waals surface area contributed by atoms with Gasteiger partial charge in [-0.15, -0.1) is 0 Å². The highest BCUT2D eigenvalue weighted by Crippen LogP contribution is 2.56. The number of hydrogen-bond acceptors (Lipinski definition) is 2. The van der Waals surface area contributed by atoms with Gasteiger partial charge in [-0.1, -0.05) is 68.0 Å². The maximum atomic E-state index is 13.5. The van der Waals surface area contributed by atoms with E-state index in [2.05, 4.69) is 26.8 Å². The van der Waals surface area contributed by atoms with Crippen molar-refractivity contribution in [2.75, 3.05) is 4.90 Å². The molecule has 5 atom stereocenters. The average molecular weight is 386 g/mol. The molecular formula is C26H27NO2. The molecule has 0 spiro atoms. The summed E-state index contributed by atoms with van der Waals surface area (Å²) in [6.07, 6.45) is 3.33. The van der Waals surface area contributed by atoms with Crippen molar-refractivity contribution in [3.05, 3.63) is 66.2 Å². The van der Waals surface area contributed by atoms with Crippen LogP contribution in [0.1, 0.15) is 27.2 Å². The van der Waals surface area contributed by atoms with Gasteiger partial charge >= 0.3 is 0 Å². The number of benzene rings is 2. The maximum absolute atomic E-state index is 13.5. The van der Waals surface area contributed by atoms with Gasteiger partial charge in [-0.05, 0) is 60.3 Å². The predicted molar refractivity (Wildman–Crippen MR) is 115 cm³/mol. The normalized spacial score (nSPS) is 30.7. The van der Waals surface area contributed by atoms with Crippen molar-refractivity contribution in [1.29, 1.82) is 0 Å². The molecule has 2 bridgehead atoms. The Bertz CT molecular complexity index is 1010. The molecule has 2 aromatic rings. The topological polar surface area (TPSA) is 37.4 Å². The molecule has 3 nitrogen and oxygen atoms in total. The number of fused-ring (bicyclic) bond motifs is 1. The van der Waals surface area contributed by atoms with Crippen LogP contribution in [0.3, 0.4) is 0 Å². The zero-order chi connectivity index (χ0) is 20.3. The van der Waals surface area contributed by atoms with Crippen molar-refractivity contribution >= 4 is 17.5 Å². The number of hydrogen-bond donors (Lipinski definition) is 0. The SMILES string of the molecule is CC1=CC2C3C(=O)N(c4cccc(-c5ccccc5)c4)C(=O)C3C1C[C@H]2C(C)C. The lowest BCUT2D eigenvalue weighted by Crippen LogP contribution is -2.46. The number of imide groups is 1. The fourth-order valence-electron chi connectivity index (χ4n) is 5.95. The monoisotopic (exact) mass is 385 g/mol. The van der Waals surface area contributed by atoms with Crippen LogP contribution in [0.5, 0.6) is 0 Å². The van der Waals surface area contributed by atoms with Crippen LogP contribution in [0.25, 0.3) is 11.1 Å². The number of carbonyl (C=O) groups excluding carboxylic acids is 2. The third-order valence-electron chi connectivity index (χ3n) is 7.37. The summed E-state index contributed by atoms with van der Waals surface area (Å²) < 4.78 is 0. The van der Waals surface area contributed by atoms with Gasteiger partial charge in [-0.25, -0.2) is 4.90 Å². The first-order valence-electron chi connectivity index (χ1n) is 10.7. The number of rotatable bonds is 3.